The molecule has 0 radical (unpaired) electrons. The van der Waals surface area contributed by atoms with E-state index < -0.39 is 0 Å². The summed E-state index contributed by atoms with van der Waals surface area (Å²) in [4.78, 5) is 0. The van der Waals surface area contributed by atoms with Gasteiger partial charge in [-0.05, 0) is 31.9 Å². The average molecular weight is 307 g/mol. The molecule has 1 aliphatic heterocycles. The van der Waals surface area contributed by atoms with E-state index in [1.165, 1.54) is 6.42 Å². The van der Waals surface area contributed by atoms with Crippen molar-refractivity contribution in [3.05, 3.63) is 38.5 Å². The summed E-state index contributed by atoms with van der Waals surface area (Å²) >= 11 is 0. The Morgan fingerprint density at radius 2 is 1.82 bits per heavy atom. The van der Waals surface area contributed by atoms with Gasteiger partial charge in [-0.15, -0.1) is 0 Å². The van der Waals surface area contributed by atoms with Gasteiger partial charge in [0, 0.05) is 10.6 Å². The molecule has 0 N–H and O–H groups in total. The topological polar surface area (TPSA) is 49.2 Å². The van der Waals surface area contributed by atoms with Gasteiger partial charge >= 0.3 is 6.07 Å². The van der Waals surface area contributed by atoms with Crippen LogP contribution < -0.4 is 4.74 Å². The van der Waals surface area contributed by atoms with Crippen LogP contribution in [0.15, 0.2) is 6.07 Å². The molecule has 0 amide bonds. The molecular formula is C18H29NO3. The number of hydrogen-bond donors (Lipinski definition) is 0. The summed E-state index contributed by atoms with van der Waals surface area (Å²) in [5.74, 6) is 0.803. The van der Waals surface area contributed by atoms with Gasteiger partial charge in [0.25, 0.3) is 0 Å². The molecule has 2 rings (SSSR count). The van der Waals surface area contributed by atoms with Gasteiger partial charge in [0.2, 0.25) is 0 Å². The second-order valence-electron chi connectivity index (χ2n) is 5.02. The van der Waals surface area contributed by atoms with Crippen molar-refractivity contribution >= 4 is 0 Å². The van der Waals surface area contributed by atoms with E-state index in [9.17, 15) is 5.21 Å². The van der Waals surface area contributed by atoms with E-state index in [0.717, 1.165) is 34.6 Å². The molecule has 4 heteroatoms. The lowest BCUT2D eigenvalue weighted by Gasteiger charge is -2.13. The minimum Gasteiger partial charge on any atom is -0.498 e. The Kier molecular flexibility index (Phi) is 10.1. The van der Waals surface area contributed by atoms with Crippen molar-refractivity contribution in [1.82, 2.24) is 0 Å². The van der Waals surface area contributed by atoms with Gasteiger partial charge in [0.15, 0.2) is 0 Å². The van der Waals surface area contributed by atoms with Crippen LogP contribution in [-0.2, 0) is 4.74 Å². The maximum Gasteiger partial charge on any atom is 0.337 e. The summed E-state index contributed by atoms with van der Waals surface area (Å²) in [6.45, 7) is 15.4. The molecule has 4 nitrogen and oxygen atoms in total. The Morgan fingerprint density at radius 1 is 1.27 bits per heavy atom. The second kappa shape index (κ2) is 10.9. The van der Waals surface area contributed by atoms with Crippen LogP contribution in [0.5, 0.6) is 5.75 Å². The highest BCUT2D eigenvalue weighted by Gasteiger charge is 2.24. The molecule has 1 unspecified atom stereocenters. The zero-order valence-electron chi connectivity index (χ0n) is 14.9. The zero-order valence-corrected chi connectivity index (χ0v) is 14.9. The molecular weight excluding hydrogens is 278 g/mol. The Morgan fingerprint density at radius 3 is 2.27 bits per heavy atom. The molecule has 0 aromatic heterocycles. The first-order valence-electron chi connectivity index (χ1n) is 7.98. The van der Waals surface area contributed by atoms with Gasteiger partial charge < -0.3 is 14.7 Å². The fourth-order valence-corrected chi connectivity index (χ4v) is 1.95. The number of nitrogens with zero attached hydrogens (tertiary/aromatic N) is 1. The number of aryl methyl sites for hydroxylation is 2. The zero-order chi connectivity index (χ0) is 17.1. The van der Waals surface area contributed by atoms with Gasteiger partial charge in [0.1, 0.15) is 24.0 Å². The highest BCUT2D eigenvalue weighted by Crippen LogP contribution is 2.29. The SMILES string of the molecule is CC.CCC.Cc1cc(C)c(OCC2CO2)c(C)c1C#[N+][O-]. The lowest BCUT2D eigenvalue weighted by atomic mass is 9.99. The lowest BCUT2D eigenvalue weighted by Crippen LogP contribution is -2.07. The predicted molar refractivity (Wildman–Crippen MR) is 92.9 cm³/mol. The maximum absolute atomic E-state index is 10.3. The van der Waals surface area contributed by atoms with Crippen molar-refractivity contribution in [2.75, 3.05) is 13.2 Å². The third kappa shape index (κ3) is 6.36. The lowest BCUT2D eigenvalue weighted by molar-refractivity contribution is 0.260. The van der Waals surface area contributed by atoms with Gasteiger partial charge in [-0.2, -0.15) is 0 Å². The monoisotopic (exact) mass is 307 g/mol. The number of epoxide rings is 1. The Labute approximate surface area is 134 Å². The van der Waals surface area contributed by atoms with Crippen LogP contribution in [0.2, 0.25) is 0 Å². The van der Waals surface area contributed by atoms with Gasteiger partial charge in [0.05, 0.1) is 6.61 Å². The molecule has 1 saturated heterocycles. The minimum atomic E-state index is 0.218. The molecule has 124 valence electrons. The van der Waals surface area contributed by atoms with Crippen LogP contribution in [0.3, 0.4) is 0 Å². The molecule has 1 heterocycles. The van der Waals surface area contributed by atoms with Crippen molar-refractivity contribution in [3.63, 3.8) is 0 Å². The van der Waals surface area contributed by atoms with Crippen molar-refractivity contribution in [1.29, 1.82) is 0 Å². The first kappa shape index (κ1) is 20.3. The van der Waals surface area contributed by atoms with Gasteiger partial charge in [-0.1, -0.05) is 40.2 Å². The van der Waals surface area contributed by atoms with Crippen LogP contribution >= 0.6 is 0 Å². The highest BCUT2D eigenvalue weighted by atomic mass is 16.6. The Bertz CT molecular complexity index is 511. The number of hydrogen-bond acceptors (Lipinski definition) is 3. The summed E-state index contributed by atoms with van der Waals surface area (Å²) in [5, 5.41) is 13.1. The minimum absolute atomic E-state index is 0.218. The van der Waals surface area contributed by atoms with Crippen molar-refractivity contribution in [2.24, 2.45) is 0 Å². The summed E-state index contributed by atoms with van der Waals surface area (Å²) in [6.07, 6.45) is 1.47. The number of ether oxygens (including phenoxy) is 2. The van der Waals surface area contributed by atoms with Crippen LogP contribution in [0.1, 0.15) is 56.4 Å². The molecule has 0 bridgehead atoms. The van der Waals surface area contributed by atoms with E-state index in [0.29, 0.717) is 6.61 Å². The molecule has 1 aliphatic rings. The summed E-state index contributed by atoms with van der Waals surface area (Å²) in [6, 6.07) is 4.45. The molecule has 1 atom stereocenters. The van der Waals surface area contributed by atoms with E-state index in [1.807, 2.05) is 40.7 Å². The van der Waals surface area contributed by atoms with Gasteiger partial charge in [-0.25, -0.2) is 0 Å². The van der Waals surface area contributed by atoms with Crippen LogP contribution in [0.25, 0.3) is 5.01 Å². The Balaban J connectivity index is 0.000000789. The number of benzene rings is 1. The van der Waals surface area contributed by atoms with E-state index in [1.54, 1.807) is 0 Å². The standard InChI is InChI=1S/C13H15NO3.C3H8.C2H6/c1-8-4-9(2)13(17-7-11-6-16-11)10(3)12(8)5-14-15;1-3-2;1-2/h4,11H,6-7H2,1-3H3;3H2,1-2H3;1-2H3. The summed E-state index contributed by atoms with van der Waals surface area (Å²) in [5.41, 5.74) is 3.66. The first-order valence-corrected chi connectivity index (χ1v) is 7.98. The molecule has 0 aliphatic carbocycles. The molecule has 1 aromatic rings. The Hall–Kier alpha value is -1.73. The fourth-order valence-electron chi connectivity index (χ4n) is 1.95. The van der Waals surface area contributed by atoms with Crippen LogP contribution in [-0.4, -0.2) is 19.3 Å². The molecule has 0 saturated carbocycles. The normalized spacial score (nSPS) is 14.4. The third-order valence-corrected chi connectivity index (χ3v) is 2.87. The predicted octanol–water partition coefficient (Wildman–Crippen LogP) is 5.01. The molecule has 22 heavy (non-hydrogen) atoms. The van der Waals surface area contributed by atoms with E-state index in [4.69, 9.17) is 9.47 Å². The highest BCUT2D eigenvalue weighted by molar-refractivity contribution is 5.55. The van der Waals surface area contributed by atoms with Crippen molar-refractivity contribution in [3.8, 4) is 11.8 Å². The third-order valence-electron chi connectivity index (χ3n) is 2.87. The van der Waals surface area contributed by atoms with E-state index in [-0.39, 0.29) is 6.10 Å². The maximum atomic E-state index is 10.3. The van der Waals surface area contributed by atoms with Gasteiger partial charge in [-0.3, -0.25) is 0 Å². The second-order valence-corrected chi connectivity index (χ2v) is 5.02. The van der Waals surface area contributed by atoms with E-state index >= 15 is 0 Å². The first-order chi connectivity index (χ1) is 10.5. The molecule has 0 spiro atoms. The largest absolute Gasteiger partial charge is 0.498 e. The van der Waals surface area contributed by atoms with E-state index in [2.05, 4.69) is 24.9 Å². The summed E-state index contributed by atoms with van der Waals surface area (Å²) < 4.78 is 10.8. The summed E-state index contributed by atoms with van der Waals surface area (Å²) in [7, 11) is 0. The van der Waals surface area contributed by atoms with Crippen LogP contribution in [0.4, 0.5) is 0 Å². The quantitative estimate of drug-likeness (QED) is 0.582. The van der Waals surface area contributed by atoms with Crippen molar-refractivity contribution < 1.29 is 9.47 Å². The fraction of sp³-hybridized carbons (Fsp3) is 0.611. The molecule has 1 fully saturated rings. The van der Waals surface area contributed by atoms with Crippen LogP contribution in [0, 0.1) is 32.0 Å². The number of rotatable bonds is 3. The average Bonchev–Trinajstić information content (AvgIpc) is 3.30. The van der Waals surface area contributed by atoms with Crippen molar-refractivity contribution in [2.45, 2.75) is 61.0 Å². The molecule has 1 aromatic carbocycles. The smallest absolute Gasteiger partial charge is 0.337 e.